The molecule has 0 spiro atoms. The van der Waals surface area contributed by atoms with E-state index in [1.807, 2.05) is 31.2 Å². The van der Waals surface area contributed by atoms with E-state index in [2.05, 4.69) is 10.6 Å². The fourth-order valence-corrected chi connectivity index (χ4v) is 2.78. The predicted octanol–water partition coefficient (Wildman–Crippen LogP) is 3.85. The third kappa shape index (κ3) is 4.98. The van der Waals surface area contributed by atoms with Gasteiger partial charge in [-0.2, -0.15) is 0 Å². The number of nitrogens with one attached hydrogen (secondary N) is 2. The summed E-state index contributed by atoms with van der Waals surface area (Å²) >= 11 is 12.1. The van der Waals surface area contributed by atoms with Crippen molar-refractivity contribution >= 4 is 40.7 Å². The van der Waals surface area contributed by atoms with Gasteiger partial charge >= 0.3 is 0 Å². The molecular formula is C18H18Cl2N2O2. The maximum atomic E-state index is 12.0. The second-order valence-electron chi connectivity index (χ2n) is 5.21. The third-order valence-electron chi connectivity index (χ3n) is 3.52. The van der Waals surface area contributed by atoms with Crippen LogP contribution in [0.4, 0.5) is 5.69 Å². The molecule has 0 atom stereocenters. The van der Waals surface area contributed by atoms with Crippen LogP contribution in [0.1, 0.15) is 18.1 Å². The first-order valence-electron chi connectivity index (χ1n) is 7.58. The highest BCUT2D eigenvalue weighted by Gasteiger charge is 2.12. The molecule has 0 aliphatic heterocycles. The molecule has 0 saturated carbocycles. The van der Waals surface area contributed by atoms with E-state index >= 15 is 0 Å². The molecule has 126 valence electrons. The summed E-state index contributed by atoms with van der Waals surface area (Å²) in [6.07, 6.45) is 0.838. The average Bonchev–Trinajstić information content (AvgIpc) is 2.57. The van der Waals surface area contributed by atoms with Crippen molar-refractivity contribution in [3.8, 4) is 0 Å². The zero-order valence-electron chi connectivity index (χ0n) is 13.2. The summed E-state index contributed by atoms with van der Waals surface area (Å²) in [5.41, 5.74) is 2.35. The van der Waals surface area contributed by atoms with E-state index in [1.54, 1.807) is 18.2 Å². The van der Waals surface area contributed by atoms with Crippen molar-refractivity contribution in [1.29, 1.82) is 0 Å². The molecule has 2 rings (SSSR count). The van der Waals surface area contributed by atoms with Crippen molar-refractivity contribution in [1.82, 2.24) is 5.32 Å². The second-order valence-corrected chi connectivity index (χ2v) is 6.03. The Balaban J connectivity index is 1.88. The molecule has 24 heavy (non-hydrogen) atoms. The number of carbonyl (C=O) groups excluding carboxylic acids is 2. The largest absolute Gasteiger partial charge is 0.347 e. The quantitative estimate of drug-likeness (QED) is 0.817. The molecule has 0 aliphatic rings. The van der Waals surface area contributed by atoms with Gasteiger partial charge < -0.3 is 10.6 Å². The zero-order chi connectivity index (χ0) is 17.5. The first kappa shape index (κ1) is 18.3. The molecule has 2 aromatic rings. The number of anilines is 1. The van der Waals surface area contributed by atoms with Crippen molar-refractivity contribution in [3.05, 3.63) is 63.6 Å². The van der Waals surface area contributed by atoms with Crippen LogP contribution in [0.15, 0.2) is 42.5 Å². The highest BCUT2D eigenvalue weighted by Crippen LogP contribution is 2.24. The Labute approximate surface area is 151 Å². The Hall–Kier alpha value is -2.04. The second kappa shape index (κ2) is 8.71. The number of hydrogen-bond donors (Lipinski definition) is 2. The van der Waals surface area contributed by atoms with Crippen LogP contribution in [0.5, 0.6) is 0 Å². The standard InChI is InChI=1S/C18H18Cl2N2O2/c1-2-12-6-3-4-9-16(12)22-18(24)11-21-17(23)10-13-14(19)7-5-8-15(13)20/h3-9H,2,10-11H2,1H3,(H,21,23)(H,22,24). The van der Waals surface area contributed by atoms with Gasteiger partial charge in [-0.15, -0.1) is 0 Å². The lowest BCUT2D eigenvalue weighted by molar-refractivity contribution is -0.123. The topological polar surface area (TPSA) is 58.2 Å². The van der Waals surface area contributed by atoms with E-state index in [0.29, 0.717) is 15.6 Å². The van der Waals surface area contributed by atoms with Gasteiger partial charge in [-0.05, 0) is 35.7 Å². The van der Waals surface area contributed by atoms with E-state index in [9.17, 15) is 9.59 Å². The van der Waals surface area contributed by atoms with Gasteiger partial charge in [0, 0.05) is 15.7 Å². The van der Waals surface area contributed by atoms with Crippen molar-refractivity contribution < 1.29 is 9.59 Å². The van der Waals surface area contributed by atoms with Gasteiger partial charge in [0.25, 0.3) is 0 Å². The summed E-state index contributed by atoms with van der Waals surface area (Å²) in [5.74, 6) is -0.599. The minimum atomic E-state index is -0.316. The zero-order valence-corrected chi connectivity index (χ0v) is 14.7. The third-order valence-corrected chi connectivity index (χ3v) is 4.23. The first-order valence-corrected chi connectivity index (χ1v) is 8.34. The number of amides is 2. The molecule has 4 nitrogen and oxygen atoms in total. The summed E-state index contributed by atoms with van der Waals surface area (Å²) in [6, 6.07) is 12.6. The molecule has 2 aromatic carbocycles. The van der Waals surface area contributed by atoms with Gasteiger partial charge in [-0.25, -0.2) is 0 Å². The highest BCUT2D eigenvalue weighted by atomic mass is 35.5. The summed E-state index contributed by atoms with van der Waals surface area (Å²) < 4.78 is 0. The lowest BCUT2D eigenvalue weighted by atomic mass is 10.1. The van der Waals surface area contributed by atoms with E-state index in [0.717, 1.165) is 17.7 Å². The molecule has 0 aromatic heterocycles. The summed E-state index contributed by atoms with van der Waals surface area (Å²) in [6.45, 7) is 1.90. The molecular weight excluding hydrogens is 347 g/mol. The first-order chi connectivity index (χ1) is 11.5. The van der Waals surface area contributed by atoms with Crippen LogP contribution in [0.25, 0.3) is 0 Å². The molecule has 6 heteroatoms. The normalized spacial score (nSPS) is 10.3. The minimum Gasteiger partial charge on any atom is -0.347 e. The van der Waals surface area contributed by atoms with Gasteiger partial charge in [0.2, 0.25) is 11.8 Å². The number of halogens is 2. The minimum absolute atomic E-state index is 0.0251. The van der Waals surface area contributed by atoms with Crippen LogP contribution in [-0.2, 0) is 22.4 Å². The number of hydrogen-bond acceptors (Lipinski definition) is 2. The number of carbonyl (C=O) groups is 2. The molecule has 0 radical (unpaired) electrons. The molecule has 2 amide bonds. The summed E-state index contributed by atoms with van der Waals surface area (Å²) in [7, 11) is 0. The van der Waals surface area contributed by atoms with Crippen LogP contribution in [0, 0.1) is 0 Å². The fraction of sp³-hybridized carbons (Fsp3) is 0.222. The summed E-state index contributed by atoms with van der Waals surface area (Å²) in [5, 5.41) is 6.23. The van der Waals surface area contributed by atoms with Gasteiger partial charge in [0.15, 0.2) is 0 Å². The van der Waals surface area contributed by atoms with Crippen molar-refractivity contribution in [2.45, 2.75) is 19.8 Å². The van der Waals surface area contributed by atoms with Gasteiger partial charge in [-0.1, -0.05) is 54.4 Å². The molecule has 2 N–H and O–H groups in total. The Morgan fingerprint density at radius 2 is 1.62 bits per heavy atom. The molecule has 0 bridgehead atoms. The summed E-state index contributed by atoms with van der Waals surface area (Å²) in [4.78, 5) is 24.0. The van der Waals surface area contributed by atoms with Crippen LogP contribution in [0.3, 0.4) is 0 Å². The fourth-order valence-electron chi connectivity index (χ4n) is 2.25. The maximum absolute atomic E-state index is 12.0. The Kier molecular flexibility index (Phi) is 6.64. The van der Waals surface area contributed by atoms with Gasteiger partial charge in [0.05, 0.1) is 13.0 Å². The van der Waals surface area contributed by atoms with Crippen LogP contribution in [0.2, 0.25) is 10.0 Å². The molecule has 0 saturated heterocycles. The molecule has 0 fully saturated rings. The monoisotopic (exact) mass is 364 g/mol. The number of aryl methyl sites for hydroxylation is 1. The Morgan fingerprint density at radius 1 is 0.958 bits per heavy atom. The van der Waals surface area contributed by atoms with Gasteiger partial charge in [0.1, 0.15) is 0 Å². The maximum Gasteiger partial charge on any atom is 0.243 e. The molecule has 0 heterocycles. The van der Waals surface area contributed by atoms with Crippen LogP contribution >= 0.6 is 23.2 Å². The van der Waals surface area contributed by atoms with Crippen molar-refractivity contribution in [3.63, 3.8) is 0 Å². The van der Waals surface area contributed by atoms with Crippen LogP contribution in [-0.4, -0.2) is 18.4 Å². The van der Waals surface area contributed by atoms with Gasteiger partial charge in [-0.3, -0.25) is 9.59 Å². The highest BCUT2D eigenvalue weighted by molar-refractivity contribution is 6.36. The number of benzene rings is 2. The number of rotatable bonds is 6. The SMILES string of the molecule is CCc1ccccc1NC(=O)CNC(=O)Cc1c(Cl)cccc1Cl. The molecule has 0 aliphatic carbocycles. The lowest BCUT2D eigenvalue weighted by Crippen LogP contribution is -2.34. The Morgan fingerprint density at radius 3 is 2.29 bits per heavy atom. The Bertz CT molecular complexity index is 727. The van der Waals surface area contributed by atoms with Crippen molar-refractivity contribution in [2.75, 3.05) is 11.9 Å². The van der Waals surface area contributed by atoms with E-state index in [1.165, 1.54) is 0 Å². The van der Waals surface area contributed by atoms with Crippen molar-refractivity contribution in [2.24, 2.45) is 0 Å². The smallest absolute Gasteiger partial charge is 0.243 e. The van der Waals surface area contributed by atoms with E-state index in [4.69, 9.17) is 23.2 Å². The van der Waals surface area contributed by atoms with E-state index in [-0.39, 0.29) is 24.8 Å². The molecule has 0 unspecified atom stereocenters. The predicted molar refractivity (Wildman–Crippen MR) is 97.6 cm³/mol. The van der Waals surface area contributed by atoms with Crippen LogP contribution < -0.4 is 10.6 Å². The number of para-hydroxylation sites is 1. The average molecular weight is 365 g/mol. The van der Waals surface area contributed by atoms with E-state index < -0.39 is 0 Å². The lowest BCUT2D eigenvalue weighted by Gasteiger charge is -2.11.